The third kappa shape index (κ3) is 1.98. The van der Waals surface area contributed by atoms with Crippen LogP contribution in [-0.2, 0) is 4.74 Å². The molecule has 2 saturated carbocycles. The molecular weight excluding hydrogens is 172 g/mol. The van der Waals surface area contributed by atoms with Crippen molar-refractivity contribution in [2.45, 2.75) is 70.3 Å². The average molecular weight is 196 g/mol. The minimum absolute atomic E-state index is 0.355. The van der Waals surface area contributed by atoms with Crippen LogP contribution in [0.4, 0.5) is 0 Å². The van der Waals surface area contributed by atoms with E-state index < -0.39 is 0 Å². The van der Waals surface area contributed by atoms with Gasteiger partial charge >= 0.3 is 0 Å². The Labute approximate surface area is 88.2 Å². The van der Waals surface area contributed by atoms with Gasteiger partial charge in [-0.1, -0.05) is 32.6 Å². The van der Waals surface area contributed by atoms with Gasteiger partial charge in [-0.05, 0) is 38.0 Å². The smallest absolute Gasteiger partial charge is 0.0710 e. The van der Waals surface area contributed by atoms with Crippen LogP contribution >= 0.6 is 0 Å². The fourth-order valence-corrected chi connectivity index (χ4v) is 3.39. The molecule has 1 heteroatoms. The van der Waals surface area contributed by atoms with Gasteiger partial charge in [0.15, 0.2) is 0 Å². The van der Waals surface area contributed by atoms with E-state index in [1.54, 1.807) is 0 Å². The highest BCUT2D eigenvalue weighted by atomic mass is 16.5. The molecule has 0 spiro atoms. The third-order valence-corrected chi connectivity index (χ3v) is 4.19. The Morgan fingerprint density at radius 1 is 1.14 bits per heavy atom. The van der Waals surface area contributed by atoms with Gasteiger partial charge in [-0.15, -0.1) is 0 Å². The lowest BCUT2D eigenvalue weighted by Crippen LogP contribution is -2.32. The minimum atomic E-state index is 0.355. The summed E-state index contributed by atoms with van der Waals surface area (Å²) in [6.07, 6.45) is 12.3. The first-order chi connectivity index (χ1) is 6.87. The first-order valence-corrected chi connectivity index (χ1v) is 6.51. The maximum Gasteiger partial charge on any atom is 0.0710 e. The molecule has 0 aromatic rings. The van der Waals surface area contributed by atoms with Crippen molar-refractivity contribution in [1.82, 2.24) is 0 Å². The molecule has 14 heavy (non-hydrogen) atoms. The van der Waals surface area contributed by atoms with Gasteiger partial charge in [-0.25, -0.2) is 0 Å². The fourth-order valence-electron chi connectivity index (χ4n) is 3.39. The Morgan fingerprint density at radius 3 is 2.50 bits per heavy atom. The van der Waals surface area contributed by atoms with Crippen LogP contribution in [0.5, 0.6) is 0 Å². The summed E-state index contributed by atoms with van der Waals surface area (Å²) in [5.41, 5.74) is 0.355. The van der Waals surface area contributed by atoms with Crippen LogP contribution in [0.2, 0.25) is 0 Å². The Balaban J connectivity index is 1.77. The van der Waals surface area contributed by atoms with Crippen molar-refractivity contribution in [3.63, 3.8) is 0 Å². The highest BCUT2D eigenvalue weighted by molar-refractivity contribution is 4.98. The van der Waals surface area contributed by atoms with Gasteiger partial charge < -0.3 is 4.74 Å². The molecule has 0 atom stereocenters. The molecule has 2 rings (SSSR count). The summed E-state index contributed by atoms with van der Waals surface area (Å²) >= 11 is 0. The van der Waals surface area contributed by atoms with Crippen LogP contribution < -0.4 is 0 Å². The van der Waals surface area contributed by atoms with E-state index in [1.165, 1.54) is 57.8 Å². The second kappa shape index (κ2) is 4.65. The van der Waals surface area contributed by atoms with E-state index in [2.05, 4.69) is 6.92 Å². The van der Waals surface area contributed by atoms with Crippen molar-refractivity contribution in [2.24, 2.45) is 5.92 Å². The molecule has 82 valence electrons. The molecule has 0 bridgehead atoms. The Kier molecular flexibility index (Phi) is 3.48. The molecule has 0 amide bonds. The molecule has 0 aromatic carbocycles. The Morgan fingerprint density at radius 2 is 1.86 bits per heavy atom. The quantitative estimate of drug-likeness (QED) is 0.606. The molecule has 2 aliphatic carbocycles. The van der Waals surface area contributed by atoms with Crippen molar-refractivity contribution in [1.29, 1.82) is 0 Å². The lowest BCUT2D eigenvalue weighted by molar-refractivity contribution is -0.0593. The van der Waals surface area contributed by atoms with Crippen LogP contribution in [0.15, 0.2) is 0 Å². The van der Waals surface area contributed by atoms with Gasteiger partial charge in [0.25, 0.3) is 0 Å². The van der Waals surface area contributed by atoms with Crippen LogP contribution in [0.1, 0.15) is 64.7 Å². The molecule has 2 fully saturated rings. The maximum atomic E-state index is 6.22. The largest absolute Gasteiger partial charge is 0.375 e. The van der Waals surface area contributed by atoms with Gasteiger partial charge in [-0.2, -0.15) is 0 Å². The standard InChI is InChI=1S/C13H24O/c1-2-3-4-11-14-13-9-5-7-12(13)8-6-10-13/h12H,2-11H2,1H3. The van der Waals surface area contributed by atoms with E-state index in [1.807, 2.05) is 0 Å². The highest BCUT2D eigenvalue weighted by Crippen LogP contribution is 2.49. The van der Waals surface area contributed by atoms with E-state index in [9.17, 15) is 0 Å². The number of fused-ring (bicyclic) bond motifs is 1. The van der Waals surface area contributed by atoms with Gasteiger partial charge in [0.1, 0.15) is 0 Å². The van der Waals surface area contributed by atoms with E-state index in [-0.39, 0.29) is 0 Å². The average Bonchev–Trinajstić information content (AvgIpc) is 2.71. The molecule has 0 aliphatic heterocycles. The molecule has 0 heterocycles. The van der Waals surface area contributed by atoms with Gasteiger partial charge in [-0.3, -0.25) is 0 Å². The number of unbranched alkanes of at least 4 members (excludes halogenated alkanes) is 2. The fraction of sp³-hybridized carbons (Fsp3) is 1.00. The van der Waals surface area contributed by atoms with Crippen LogP contribution in [0, 0.1) is 5.92 Å². The van der Waals surface area contributed by atoms with Crippen LogP contribution in [0.25, 0.3) is 0 Å². The zero-order valence-electron chi connectivity index (χ0n) is 9.56. The second-order valence-corrected chi connectivity index (χ2v) is 5.10. The molecule has 0 saturated heterocycles. The maximum absolute atomic E-state index is 6.22. The monoisotopic (exact) mass is 196 g/mol. The molecule has 0 aromatic heterocycles. The first kappa shape index (κ1) is 10.5. The van der Waals surface area contributed by atoms with E-state index in [0.717, 1.165) is 12.5 Å². The van der Waals surface area contributed by atoms with Gasteiger partial charge in [0.05, 0.1) is 5.60 Å². The normalized spacial score (nSPS) is 36.2. The van der Waals surface area contributed by atoms with Gasteiger partial charge in [0.2, 0.25) is 0 Å². The summed E-state index contributed by atoms with van der Waals surface area (Å²) < 4.78 is 6.22. The van der Waals surface area contributed by atoms with Crippen LogP contribution in [0.3, 0.4) is 0 Å². The molecule has 0 N–H and O–H groups in total. The lowest BCUT2D eigenvalue weighted by Gasteiger charge is -2.29. The summed E-state index contributed by atoms with van der Waals surface area (Å²) in [6, 6.07) is 0. The van der Waals surface area contributed by atoms with E-state index >= 15 is 0 Å². The predicted octanol–water partition coefficient (Wildman–Crippen LogP) is 3.92. The predicted molar refractivity (Wildman–Crippen MR) is 59.4 cm³/mol. The second-order valence-electron chi connectivity index (χ2n) is 5.10. The zero-order chi connectivity index (χ0) is 9.86. The summed E-state index contributed by atoms with van der Waals surface area (Å²) in [5, 5.41) is 0. The highest BCUT2D eigenvalue weighted by Gasteiger charge is 2.46. The minimum Gasteiger partial charge on any atom is -0.375 e. The van der Waals surface area contributed by atoms with Crippen LogP contribution in [-0.4, -0.2) is 12.2 Å². The molecular formula is C13H24O. The number of hydrogen-bond donors (Lipinski definition) is 0. The third-order valence-electron chi connectivity index (χ3n) is 4.19. The molecule has 0 unspecified atom stereocenters. The van der Waals surface area contributed by atoms with Crippen molar-refractivity contribution < 1.29 is 4.74 Å². The number of ether oxygens (including phenoxy) is 1. The number of rotatable bonds is 5. The topological polar surface area (TPSA) is 9.23 Å². The molecule has 2 aliphatic rings. The lowest BCUT2D eigenvalue weighted by atomic mass is 9.94. The SMILES string of the molecule is CCCCCOC12CCCC1CCC2. The van der Waals surface area contributed by atoms with Gasteiger partial charge in [0, 0.05) is 6.61 Å². The van der Waals surface area contributed by atoms with Crippen molar-refractivity contribution >= 4 is 0 Å². The summed E-state index contributed by atoms with van der Waals surface area (Å²) in [4.78, 5) is 0. The summed E-state index contributed by atoms with van der Waals surface area (Å²) in [7, 11) is 0. The van der Waals surface area contributed by atoms with Crippen molar-refractivity contribution in [3.05, 3.63) is 0 Å². The Bertz CT molecular complexity index is 166. The zero-order valence-corrected chi connectivity index (χ0v) is 9.56. The molecule has 0 radical (unpaired) electrons. The van der Waals surface area contributed by atoms with E-state index in [0.29, 0.717) is 5.60 Å². The van der Waals surface area contributed by atoms with Crippen molar-refractivity contribution in [2.75, 3.05) is 6.61 Å². The van der Waals surface area contributed by atoms with E-state index in [4.69, 9.17) is 4.74 Å². The van der Waals surface area contributed by atoms with Crippen molar-refractivity contribution in [3.8, 4) is 0 Å². The Hall–Kier alpha value is -0.0400. The molecule has 1 nitrogen and oxygen atoms in total. The summed E-state index contributed by atoms with van der Waals surface area (Å²) in [5.74, 6) is 0.920. The first-order valence-electron chi connectivity index (χ1n) is 6.51. The number of hydrogen-bond acceptors (Lipinski definition) is 1. The summed E-state index contributed by atoms with van der Waals surface area (Å²) in [6.45, 7) is 3.27.